The Labute approximate surface area is 123 Å². The molecule has 0 aliphatic heterocycles. The molecule has 5 nitrogen and oxygen atoms in total. The molecule has 0 aliphatic carbocycles. The molecule has 0 bridgehead atoms. The summed E-state index contributed by atoms with van der Waals surface area (Å²) in [5.41, 5.74) is 6.45. The first-order valence-corrected chi connectivity index (χ1v) is 6.72. The Balaban J connectivity index is 2.58. The number of rotatable bonds is 3. The molecule has 0 amide bonds. The Kier molecular flexibility index (Phi) is 4.08. The number of benzene rings is 1. The maximum absolute atomic E-state index is 13.4. The van der Waals surface area contributed by atoms with Crippen LogP contribution in [0.4, 0.5) is 10.2 Å². The van der Waals surface area contributed by atoms with Crippen LogP contribution in [-0.4, -0.2) is 22.1 Å². The van der Waals surface area contributed by atoms with Crippen LogP contribution in [0, 0.1) is 12.7 Å². The summed E-state index contributed by atoms with van der Waals surface area (Å²) in [6.45, 7) is 3.60. The van der Waals surface area contributed by atoms with Gasteiger partial charge in [-0.15, -0.1) is 0 Å². The smallest absolute Gasteiger partial charge is 0.360 e. The molecule has 0 aliphatic rings. The Morgan fingerprint density at radius 1 is 1.55 bits per heavy atom. The second-order valence-corrected chi connectivity index (χ2v) is 4.90. The number of carbonyl (C=O) groups is 1. The fourth-order valence-corrected chi connectivity index (χ4v) is 2.28. The van der Waals surface area contributed by atoms with Gasteiger partial charge in [-0.3, -0.25) is 4.57 Å². The van der Waals surface area contributed by atoms with Gasteiger partial charge in [-0.2, -0.15) is 0 Å². The number of aryl methyl sites for hydroxylation is 1. The molecule has 1 aromatic carbocycles. The summed E-state index contributed by atoms with van der Waals surface area (Å²) in [6.07, 6.45) is 0. The Hall–Kier alpha value is -1.89. The van der Waals surface area contributed by atoms with E-state index < -0.39 is 11.8 Å². The third-order valence-electron chi connectivity index (χ3n) is 2.70. The van der Waals surface area contributed by atoms with Crippen LogP contribution in [0.15, 0.2) is 22.7 Å². The zero-order valence-corrected chi connectivity index (χ0v) is 12.6. The summed E-state index contributed by atoms with van der Waals surface area (Å²) in [6, 6.07) is 4.19. The Morgan fingerprint density at radius 3 is 2.90 bits per heavy atom. The number of hydrogen-bond donors (Lipinski definition) is 1. The van der Waals surface area contributed by atoms with Crippen molar-refractivity contribution >= 4 is 27.7 Å². The first kappa shape index (κ1) is 14.5. The largest absolute Gasteiger partial charge is 0.461 e. The number of halogens is 2. The van der Waals surface area contributed by atoms with Crippen LogP contribution in [-0.2, 0) is 4.74 Å². The molecule has 0 saturated heterocycles. The van der Waals surface area contributed by atoms with Gasteiger partial charge in [0.2, 0.25) is 0 Å². The van der Waals surface area contributed by atoms with Gasteiger partial charge in [0.25, 0.3) is 0 Å². The zero-order valence-electron chi connectivity index (χ0n) is 11.0. The fourth-order valence-electron chi connectivity index (χ4n) is 1.86. The number of hydrogen-bond acceptors (Lipinski definition) is 4. The summed E-state index contributed by atoms with van der Waals surface area (Å²) < 4.78 is 20.4. The van der Waals surface area contributed by atoms with E-state index in [1.165, 1.54) is 16.7 Å². The summed E-state index contributed by atoms with van der Waals surface area (Å²) in [5.74, 6) is -0.420. The quantitative estimate of drug-likeness (QED) is 0.871. The number of ether oxygens (including phenoxy) is 1. The maximum atomic E-state index is 13.4. The summed E-state index contributed by atoms with van der Waals surface area (Å²) >= 11 is 3.33. The fraction of sp³-hybridized carbons (Fsp3) is 0.231. The molecular weight excluding hydrogens is 329 g/mol. The average molecular weight is 342 g/mol. The maximum Gasteiger partial charge on any atom is 0.360 e. The second kappa shape index (κ2) is 5.62. The topological polar surface area (TPSA) is 70.1 Å². The third-order valence-corrected chi connectivity index (χ3v) is 3.37. The number of imidazole rings is 1. The molecule has 2 N–H and O–H groups in total. The second-order valence-electron chi connectivity index (χ2n) is 4.04. The monoisotopic (exact) mass is 341 g/mol. The van der Waals surface area contributed by atoms with E-state index in [2.05, 4.69) is 20.9 Å². The van der Waals surface area contributed by atoms with E-state index in [1.807, 2.05) is 0 Å². The lowest BCUT2D eigenvalue weighted by atomic mass is 10.3. The van der Waals surface area contributed by atoms with Crippen LogP contribution in [0.1, 0.15) is 23.2 Å². The van der Waals surface area contributed by atoms with Crippen molar-refractivity contribution in [3.63, 3.8) is 0 Å². The first-order chi connectivity index (χ1) is 9.45. The molecule has 1 aromatic heterocycles. The van der Waals surface area contributed by atoms with Crippen LogP contribution in [0.3, 0.4) is 0 Å². The van der Waals surface area contributed by atoms with Crippen molar-refractivity contribution in [2.24, 2.45) is 0 Å². The van der Waals surface area contributed by atoms with E-state index in [-0.39, 0.29) is 18.1 Å². The summed E-state index contributed by atoms with van der Waals surface area (Å²) in [5, 5.41) is 0. The van der Waals surface area contributed by atoms with E-state index >= 15 is 0 Å². The van der Waals surface area contributed by atoms with Crippen LogP contribution >= 0.6 is 15.9 Å². The first-order valence-electron chi connectivity index (χ1n) is 5.93. The number of anilines is 1. The van der Waals surface area contributed by atoms with E-state index in [4.69, 9.17) is 10.5 Å². The van der Waals surface area contributed by atoms with Gasteiger partial charge in [0.1, 0.15) is 17.5 Å². The lowest BCUT2D eigenvalue weighted by molar-refractivity contribution is 0.0521. The minimum atomic E-state index is -0.598. The Bertz CT molecular complexity index is 670. The molecule has 0 unspecified atom stereocenters. The van der Waals surface area contributed by atoms with Gasteiger partial charge >= 0.3 is 5.97 Å². The highest BCUT2D eigenvalue weighted by atomic mass is 79.9. The predicted molar refractivity (Wildman–Crippen MR) is 76.3 cm³/mol. The van der Waals surface area contributed by atoms with Crippen molar-refractivity contribution in [1.29, 1.82) is 0 Å². The SMILES string of the molecule is CCOC(=O)c1nc(C)n(-c2cc(F)ccc2Br)c1N. The molecule has 106 valence electrons. The lowest BCUT2D eigenvalue weighted by Crippen LogP contribution is -2.09. The van der Waals surface area contributed by atoms with E-state index in [9.17, 15) is 9.18 Å². The van der Waals surface area contributed by atoms with Crippen LogP contribution in [0.2, 0.25) is 0 Å². The molecule has 1 heterocycles. The van der Waals surface area contributed by atoms with Crippen LogP contribution in [0.25, 0.3) is 5.69 Å². The van der Waals surface area contributed by atoms with Gasteiger partial charge in [-0.1, -0.05) is 0 Å². The minimum Gasteiger partial charge on any atom is -0.461 e. The number of carbonyl (C=O) groups excluding carboxylic acids is 1. The predicted octanol–water partition coefficient (Wildman–Crippen LogP) is 2.84. The van der Waals surface area contributed by atoms with Gasteiger partial charge in [0, 0.05) is 4.47 Å². The van der Waals surface area contributed by atoms with Gasteiger partial charge in [0.15, 0.2) is 5.69 Å². The molecule has 0 spiro atoms. The van der Waals surface area contributed by atoms with Crippen LogP contribution in [0.5, 0.6) is 0 Å². The van der Waals surface area contributed by atoms with Crippen LogP contribution < -0.4 is 5.73 Å². The normalized spacial score (nSPS) is 10.6. The van der Waals surface area contributed by atoms with Crippen molar-refractivity contribution in [3.05, 3.63) is 40.0 Å². The number of nitrogens with two attached hydrogens (primary N) is 1. The molecule has 0 fully saturated rings. The third kappa shape index (κ3) is 2.53. The summed E-state index contributed by atoms with van der Waals surface area (Å²) in [4.78, 5) is 15.8. The highest BCUT2D eigenvalue weighted by Gasteiger charge is 2.21. The molecule has 20 heavy (non-hydrogen) atoms. The van der Waals surface area contributed by atoms with Gasteiger partial charge in [-0.05, 0) is 48.0 Å². The molecule has 2 rings (SSSR count). The van der Waals surface area contributed by atoms with Crippen molar-refractivity contribution in [3.8, 4) is 5.69 Å². The highest BCUT2D eigenvalue weighted by Crippen LogP contribution is 2.27. The van der Waals surface area contributed by atoms with E-state index in [0.717, 1.165) is 0 Å². The number of aromatic nitrogens is 2. The minimum absolute atomic E-state index is 0.0283. The molecule has 7 heteroatoms. The van der Waals surface area contributed by atoms with Gasteiger partial charge in [-0.25, -0.2) is 14.2 Å². The molecular formula is C13H13BrFN3O2. The number of nitrogen functional groups attached to an aromatic ring is 1. The van der Waals surface area contributed by atoms with E-state index in [0.29, 0.717) is 16.0 Å². The molecule has 0 atom stereocenters. The zero-order chi connectivity index (χ0) is 14.9. The molecule has 0 radical (unpaired) electrons. The molecule has 2 aromatic rings. The van der Waals surface area contributed by atoms with Crippen molar-refractivity contribution in [2.45, 2.75) is 13.8 Å². The molecule has 0 saturated carbocycles. The van der Waals surface area contributed by atoms with Crippen molar-refractivity contribution in [2.75, 3.05) is 12.3 Å². The number of nitrogens with zero attached hydrogens (tertiary/aromatic N) is 2. The number of esters is 1. The van der Waals surface area contributed by atoms with Gasteiger partial charge < -0.3 is 10.5 Å². The highest BCUT2D eigenvalue weighted by molar-refractivity contribution is 9.10. The Morgan fingerprint density at radius 2 is 2.25 bits per heavy atom. The van der Waals surface area contributed by atoms with E-state index in [1.54, 1.807) is 19.9 Å². The van der Waals surface area contributed by atoms with Crippen molar-refractivity contribution in [1.82, 2.24) is 9.55 Å². The van der Waals surface area contributed by atoms with Gasteiger partial charge in [0.05, 0.1) is 12.3 Å². The summed E-state index contributed by atoms with van der Waals surface area (Å²) in [7, 11) is 0. The lowest BCUT2D eigenvalue weighted by Gasteiger charge is -2.10. The van der Waals surface area contributed by atoms with Crippen molar-refractivity contribution < 1.29 is 13.9 Å². The standard InChI is InChI=1S/C13H13BrFN3O2/c1-3-20-13(19)11-12(16)18(7(2)17-11)10-6-8(15)4-5-9(10)14/h4-6H,3,16H2,1-2H3. The average Bonchev–Trinajstić information content (AvgIpc) is 2.68.